The zero-order chi connectivity index (χ0) is 9.26. The third-order valence-electron chi connectivity index (χ3n) is 2.07. The molecule has 2 aromatic rings. The number of hydrogen-bond acceptors (Lipinski definition) is 2. The maximum Gasteiger partial charge on any atom is 0.325 e. The zero-order valence-corrected chi connectivity index (χ0v) is 7.68. The lowest BCUT2D eigenvalue weighted by Gasteiger charge is -1.94. The highest BCUT2D eigenvalue weighted by atomic mass is 15.2. The van der Waals surface area contributed by atoms with Crippen molar-refractivity contribution in [2.45, 2.75) is 6.92 Å². The quantitative estimate of drug-likeness (QED) is 0.588. The third kappa shape index (κ3) is 1.30. The minimum absolute atomic E-state index is 0.709. The summed E-state index contributed by atoms with van der Waals surface area (Å²) in [5, 5.41) is 0. The van der Waals surface area contributed by atoms with Crippen molar-refractivity contribution in [2.75, 3.05) is 0 Å². The fraction of sp³-hybridized carbons (Fsp3) is 0.222. The lowest BCUT2D eigenvalue weighted by molar-refractivity contribution is -0.677. The van der Waals surface area contributed by atoms with Crippen molar-refractivity contribution in [3.05, 3.63) is 36.7 Å². The minimum atomic E-state index is 0.709. The molecule has 0 N–H and O–H groups in total. The second-order valence-electron chi connectivity index (χ2n) is 2.88. The monoisotopic (exact) mass is 175 g/mol. The van der Waals surface area contributed by atoms with E-state index in [0.29, 0.717) is 5.95 Å². The molecule has 0 amide bonds. The minimum Gasteiger partial charge on any atom is -0.237 e. The van der Waals surface area contributed by atoms with Gasteiger partial charge in [-0.25, -0.2) is 4.57 Å². The van der Waals surface area contributed by atoms with Gasteiger partial charge in [0, 0.05) is 19.3 Å². The highest BCUT2D eigenvalue weighted by molar-refractivity contribution is 5.10. The first-order valence-corrected chi connectivity index (χ1v) is 4.10. The first-order chi connectivity index (χ1) is 6.29. The molecule has 13 heavy (non-hydrogen) atoms. The second-order valence-corrected chi connectivity index (χ2v) is 2.88. The van der Waals surface area contributed by atoms with Gasteiger partial charge in [0.1, 0.15) is 12.4 Å². The Kier molecular flexibility index (Phi) is 1.81. The van der Waals surface area contributed by atoms with Gasteiger partial charge in [-0.1, -0.05) is 0 Å². The molecular weight excluding hydrogens is 164 g/mol. The average Bonchev–Trinajstić information content (AvgIpc) is 2.49. The summed E-state index contributed by atoms with van der Waals surface area (Å²) in [6.45, 7) is 2.02. The molecule has 2 rings (SSSR count). The van der Waals surface area contributed by atoms with E-state index in [-0.39, 0.29) is 0 Å². The topological polar surface area (TPSA) is 34.6 Å². The fourth-order valence-corrected chi connectivity index (χ4v) is 1.18. The van der Waals surface area contributed by atoms with Crippen molar-refractivity contribution in [3.8, 4) is 5.95 Å². The van der Waals surface area contributed by atoms with Gasteiger partial charge in [-0.3, -0.25) is 0 Å². The molecule has 0 fully saturated rings. The number of aryl methyl sites for hydroxylation is 1. The van der Waals surface area contributed by atoms with E-state index in [1.807, 2.05) is 41.6 Å². The van der Waals surface area contributed by atoms with Crippen LogP contribution in [0.4, 0.5) is 0 Å². The Labute approximate surface area is 76.5 Å². The van der Waals surface area contributed by atoms with Crippen LogP contribution in [0.15, 0.2) is 30.9 Å². The lowest BCUT2D eigenvalue weighted by Crippen LogP contribution is -2.29. The van der Waals surface area contributed by atoms with Crippen LogP contribution in [0.1, 0.15) is 5.82 Å². The first-order valence-electron chi connectivity index (χ1n) is 4.10. The summed E-state index contributed by atoms with van der Waals surface area (Å²) in [5.74, 6) is 1.81. The molecular formula is C9H11N4+. The summed E-state index contributed by atoms with van der Waals surface area (Å²) in [6, 6.07) is 1.81. The maximum absolute atomic E-state index is 4.16. The Balaban J connectivity index is 2.53. The molecule has 4 nitrogen and oxygen atoms in total. The number of nitrogens with zero attached hydrogens (tertiary/aromatic N) is 4. The molecule has 2 aromatic heterocycles. The molecule has 0 radical (unpaired) electrons. The van der Waals surface area contributed by atoms with Crippen LogP contribution in [0.2, 0.25) is 0 Å². The van der Waals surface area contributed by atoms with E-state index in [9.17, 15) is 0 Å². The average molecular weight is 175 g/mol. The molecule has 2 heterocycles. The largest absolute Gasteiger partial charge is 0.325 e. The van der Waals surface area contributed by atoms with E-state index in [4.69, 9.17) is 0 Å². The van der Waals surface area contributed by atoms with Gasteiger partial charge in [-0.05, 0) is 6.07 Å². The summed E-state index contributed by atoms with van der Waals surface area (Å²) >= 11 is 0. The van der Waals surface area contributed by atoms with Crippen LogP contribution in [0.5, 0.6) is 0 Å². The summed E-state index contributed by atoms with van der Waals surface area (Å²) in [7, 11) is 1.99. The Bertz CT molecular complexity index is 405. The van der Waals surface area contributed by atoms with Crippen LogP contribution < -0.4 is 4.57 Å². The summed E-state index contributed by atoms with van der Waals surface area (Å²) in [4.78, 5) is 8.32. The van der Waals surface area contributed by atoms with Crippen molar-refractivity contribution in [1.82, 2.24) is 14.5 Å². The third-order valence-corrected chi connectivity index (χ3v) is 2.07. The fourth-order valence-electron chi connectivity index (χ4n) is 1.18. The zero-order valence-electron chi connectivity index (χ0n) is 7.68. The van der Waals surface area contributed by atoms with E-state index in [1.54, 1.807) is 12.4 Å². The number of hydrogen-bond donors (Lipinski definition) is 0. The molecule has 0 aliphatic carbocycles. The predicted octanol–water partition coefficient (Wildman–Crippen LogP) is 0.400. The van der Waals surface area contributed by atoms with Crippen LogP contribution in [0.25, 0.3) is 5.95 Å². The molecule has 0 unspecified atom stereocenters. The normalized spacial score (nSPS) is 10.3. The van der Waals surface area contributed by atoms with Crippen molar-refractivity contribution in [2.24, 2.45) is 7.05 Å². The van der Waals surface area contributed by atoms with E-state index < -0.39 is 0 Å². The molecule has 4 heteroatoms. The summed E-state index contributed by atoms with van der Waals surface area (Å²) < 4.78 is 3.97. The molecule has 0 aliphatic heterocycles. The van der Waals surface area contributed by atoms with E-state index in [2.05, 4.69) is 9.97 Å². The Morgan fingerprint density at radius 3 is 2.54 bits per heavy atom. The van der Waals surface area contributed by atoms with Crippen LogP contribution >= 0.6 is 0 Å². The molecule has 0 bridgehead atoms. The lowest BCUT2D eigenvalue weighted by atomic mass is 10.6. The molecule has 0 saturated heterocycles. The van der Waals surface area contributed by atoms with Gasteiger partial charge < -0.3 is 0 Å². The smallest absolute Gasteiger partial charge is 0.237 e. The van der Waals surface area contributed by atoms with Crippen molar-refractivity contribution in [3.63, 3.8) is 0 Å². The predicted molar refractivity (Wildman–Crippen MR) is 47.3 cm³/mol. The van der Waals surface area contributed by atoms with Crippen molar-refractivity contribution < 1.29 is 4.57 Å². The first kappa shape index (κ1) is 7.91. The van der Waals surface area contributed by atoms with Gasteiger partial charge in [-0.2, -0.15) is 14.5 Å². The highest BCUT2D eigenvalue weighted by Gasteiger charge is 2.12. The molecule has 0 spiro atoms. The van der Waals surface area contributed by atoms with Crippen LogP contribution in [-0.2, 0) is 7.05 Å². The Morgan fingerprint density at radius 2 is 2.00 bits per heavy atom. The van der Waals surface area contributed by atoms with Crippen molar-refractivity contribution in [1.29, 1.82) is 0 Å². The van der Waals surface area contributed by atoms with Crippen molar-refractivity contribution >= 4 is 0 Å². The van der Waals surface area contributed by atoms with E-state index >= 15 is 0 Å². The van der Waals surface area contributed by atoms with Crippen LogP contribution in [-0.4, -0.2) is 14.5 Å². The molecule has 66 valence electrons. The van der Waals surface area contributed by atoms with Gasteiger partial charge in [0.15, 0.2) is 0 Å². The summed E-state index contributed by atoms with van der Waals surface area (Å²) in [6.07, 6.45) is 7.40. The number of rotatable bonds is 1. The molecule has 0 atom stereocenters. The van der Waals surface area contributed by atoms with Gasteiger partial charge >= 0.3 is 5.95 Å². The molecule has 0 aromatic carbocycles. The molecule has 0 aliphatic rings. The van der Waals surface area contributed by atoms with Gasteiger partial charge in [-0.15, -0.1) is 0 Å². The number of aromatic nitrogens is 4. The van der Waals surface area contributed by atoms with E-state index in [1.165, 1.54) is 0 Å². The second kappa shape index (κ2) is 2.97. The summed E-state index contributed by atoms with van der Waals surface area (Å²) in [5.41, 5.74) is 0. The number of imidazole rings is 1. The van der Waals surface area contributed by atoms with Crippen LogP contribution in [0, 0.1) is 6.92 Å². The maximum atomic E-state index is 4.16. The highest BCUT2D eigenvalue weighted by Crippen LogP contribution is 2.00. The van der Waals surface area contributed by atoms with Gasteiger partial charge in [0.05, 0.1) is 7.05 Å². The van der Waals surface area contributed by atoms with Gasteiger partial charge in [0.2, 0.25) is 0 Å². The Morgan fingerprint density at radius 1 is 1.31 bits per heavy atom. The Hall–Kier alpha value is -1.71. The van der Waals surface area contributed by atoms with E-state index in [0.717, 1.165) is 5.82 Å². The van der Waals surface area contributed by atoms with Crippen LogP contribution in [0.3, 0.4) is 0 Å². The molecule has 0 saturated carbocycles. The van der Waals surface area contributed by atoms with Gasteiger partial charge in [0.25, 0.3) is 5.82 Å². The SMILES string of the molecule is Cc1n(-c2ncccn2)cc[n+]1C. The standard InChI is InChI=1S/C9H11N4/c1-8-12(2)6-7-13(8)9-10-4-3-5-11-9/h3-7H,1-2H3/q+1.